The van der Waals surface area contributed by atoms with Crippen molar-refractivity contribution in [2.45, 2.75) is 20.3 Å². The van der Waals surface area contributed by atoms with Crippen LogP contribution in [-0.4, -0.2) is 11.8 Å². The maximum Gasteiger partial charge on any atom is 0.255 e. The Morgan fingerprint density at radius 3 is 2.30 bits per heavy atom. The second kappa shape index (κ2) is 7.54. The third kappa shape index (κ3) is 5.21. The van der Waals surface area contributed by atoms with Crippen LogP contribution in [0.2, 0.25) is 0 Å². The van der Waals surface area contributed by atoms with Gasteiger partial charge in [0.05, 0.1) is 0 Å². The van der Waals surface area contributed by atoms with Crippen molar-refractivity contribution in [1.29, 1.82) is 0 Å². The lowest BCUT2D eigenvalue weighted by Gasteiger charge is -2.09. The van der Waals surface area contributed by atoms with Crippen LogP contribution in [0.4, 0.5) is 15.8 Å². The number of rotatable bonds is 5. The molecule has 4 nitrogen and oxygen atoms in total. The van der Waals surface area contributed by atoms with Crippen molar-refractivity contribution in [2.75, 3.05) is 10.6 Å². The molecule has 0 spiro atoms. The molecule has 5 heteroatoms. The van der Waals surface area contributed by atoms with Crippen LogP contribution in [-0.2, 0) is 4.79 Å². The van der Waals surface area contributed by atoms with E-state index in [1.807, 2.05) is 13.8 Å². The van der Waals surface area contributed by atoms with Crippen molar-refractivity contribution >= 4 is 23.2 Å². The van der Waals surface area contributed by atoms with E-state index in [-0.39, 0.29) is 17.7 Å². The van der Waals surface area contributed by atoms with Crippen LogP contribution in [0.25, 0.3) is 0 Å². The van der Waals surface area contributed by atoms with E-state index in [9.17, 15) is 14.0 Å². The summed E-state index contributed by atoms with van der Waals surface area (Å²) in [5.74, 6) is -0.620. The van der Waals surface area contributed by atoms with Crippen molar-refractivity contribution in [3.05, 3.63) is 59.9 Å². The van der Waals surface area contributed by atoms with Gasteiger partial charge in [-0.2, -0.15) is 0 Å². The molecular weight excluding hydrogens is 295 g/mol. The monoisotopic (exact) mass is 314 g/mol. The van der Waals surface area contributed by atoms with E-state index in [0.717, 1.165) is 0 Å². The van der Waals surface area contributed by atoms with Gasteiger partial charge in [-0.05, 0) is 42.3 Å². The standard InChI is InChI=1S/C18H19FN2O2/c1-12(2)9-17(22)20-15-7-3-5-13(10-15)18(23)21-16-8-4-6-14(19)11-16/h3-8,10-12H,9H2,1-2H3,(H,20,22)(H,21,23). The second-order valence-electron chi connectivity index (χ2n) is 5.69. The number of carbonyl (C=O) groups is 2. The number of nitrogens with one attached hydrogen (secondary N) is 2. The molecule has 0 unspecified atom stereocenters. The first-order valence-electron chi connectivity index (χ1n) is 7.41. The molecule has 0 aliphatic rings. The SMILES string of the molecule is CC(C)CC(=O)Nc1cccc(C(=O)Nc2cccc(F)c2)c1. The predicted octanol–water partition coefficient (Wildman–Crippen LogP) is 4.06. The van der Waals surface area contributed by atoms with Gasteiger partial charge in [0.2, 0.25) is 5.91 Å². The molecule has 0 aromatic heterocycles. The Labute approximate surface area is 134 Å². The van der Waals surface area contributed by atoms with Crippen LogP contribution in [0.15, 0.2) is 48.5 Å². The summed E-state index contributed by atoms with van der Waals surface area (Å²) < 4.78 is 13.1. The predicted molar refractivity (Wildman–Crippen MR) is 88.9 cm³/mol. The average molecular weight is 314 g/mol. The van der Waals surface area contributed by atoms with E-state index in [1.54, 1.807) is 30.3 Å². The average Bonchev–Trinajstić information content (AvgIpc) is 2.46. The van der Waals surface area contributed by atoms with Gasteiger partial charge >= 0.3 is 0 Å². The summed E-state index contributed by atoms with van der Waals surface area (Å²) in [6.45, 7) is 3.92. The molecule has 2 rings (SSSR count). The van der Waals surface area contributed by atoms with Gasteiger partial charge in [-0.3, -0.25) is 9.59 Å². The van der Waals surface area contributed by atoms with E-state index >= 15 is 0 Å². The van der Waals surface area contributed by atoms with Crippen molar-refractivity contribution in [3.8, 4) is 0 Å². The van der Waals surface area contributed by atoms with Gasteiger partial charge in [-0.1, -0.05) is 26.0 Å². The van der Waals surface area contributed by atoms with Crippen LogP contribution in [0.3, 0.4) is 0 Å². The molecule has 2 amide bonds. The summed E-state index contributed by atoms with van der Waals surface area (Å²) in [5.41, 5.74) is 1.32. The number of benzene rings is 2. The maximum atomic E-state index is 13.1. The molecule has 0 aliphatic heterocycles. The van der Waals surface area contributed by atoms with Crippen molar-refractivity contribution in [2.24, 2.45) is 5.92 Å². The zero-order valence-corrected chi connectivity index (χ0v) is 13.1. The minimum Gasteiger partial charge on any atom is -0.326 e. The van der Waals surface area contributed by atoms with Gasteiger partial charge in [0.1, 0.15) is 5.82 Å². The molecule has 0 saturated carbocycles. The molecule has 0 saturated heterocycles. The van der Waals surface area contributed by atoms with Crippen LogP contribution < -0.4 is 10.6 Å². The van der Waals surface area contributed by atoms with Crippen LogP contribution in [0, 0.1) is 11.7 Å². The topological polar surface area (TPSA) is 58.2 Å². The summed E-state index contributed by atoms with van der Waals surface area (Å²) in [4.78, 5) is 24.0. The second-order valence-corrected chi connectivity index (χ2v) is 5.69. The Morgan fingerprint density at radius 1 is 1.00 bits per heavy atom. The van der Waals surface area contributed by atoms with Gasteiger partial charge in [-0.15, -0.1) is 0 Å². The molecule has 0 aliphatic carbocycles. The molecule has 2 aromatic carbocycles. The number of halogens is 1. The Morgan fingerprint density at radius 2 is 1.65 bits per heavy atom. The zero-order chi connectivity index (χ0) is 16.8. The summed E-state index contributed by atoms with van der Waals surface area (Å²) in [6.07, 6.45) is 0.416. The third-order valence-electron chi connectivity index (χ3n) is 3.08. The Kier molecular flexibility index (Phi) is 5.46. The van der Waals surface area contributed by atoms with Gasteiger partial charge in [0.15, 0.2) is 0 Å². The molecule has 0 bridgehead atoms. The summed E-state index contributed by atoms with van der Waals surface area (Å²) in [7, 11) is 0. The molecule has 0 atom stereocenters. The number of hydrogen-bond donors (Lipinski definition) is 2. The highest BCUT2D eigenvalue weighted by atomic mass is 19.1. The molecule has 0 radical (unpaired) electrons. The maximum absolute atomic E-state index is 13.1. The summed E-state index contributed by atoms with van der Waals surface area (Å²) >= 11 is 0. The third-order valence-corrected chi connectivity index (χ3v) is 3.08. The van der Waals surface area contributed by atoms with E-state index in [1.165, 1.54) is 18.2 Å². The fourth-order valence-corrected chi connectivity index (χ4v) is 2.09. The zero-order valence-electron chi connectivity index (χ0n) is 13.1. The summed E-state index contributed by atoms with van der Waals surface area (Å²) in [5, 5.41) is 5.38. The lowest BCUT2D eigenvalue weighted by molar-refractivity contribution is -0.116. The Balaban J connectivity index is 2.06. The lowest BCUT2D eigenvalue weighted by atomic mass is 10.1. The van der Waals surface area contributed by atoms with Gasteiger partial charge in [-0.25, -0.2) is 4.39 Å². The normalized spacial score (nSPS) is 10.4. The molecule has 2 N–H and O–H groups in total. The van der Waals surface area contributed by atoms with Gasteiger partial charge < -0.3 is 10.6 Å². The van der Waals surface area contributed by atoms with Crippen LogP contribution in [0.5, 0.6) is 0 Å². The highest BCUT2D eigenvalue weighted by molar-refractivity contribution is 6.05. The molecule has 2 aromatic rings. The molecule has 23 heavy (non-hydrogen) atoms. The Bertz CT molecular complexity index is 714. The highest BCUT2D eigenvalue weighted by Crippen LogP contribution is 2.15. The minimum atomic E-state index is -0.419. The van der Waals surface area contributed by atoms with E-state index in [2.05, 4.69) is 10.6 Å². The van der Waals surface area contributed by atoms with Gasteiger partial charge in [0, 0.05) is 23.4 Å². The first-order valence-corrected chi connectivity index (χ1v) is 7.41. The number of carbonyl (C=O) groups excluding carboxylic acids is 2. The van der Waals surface area contributed by atoms with Crippen molar-refractivity contribution < 1.29 is 14.0 Å². The van der Waals surface area contributed by atoms with Gasteiger partial charge in [0.25, 0.3) is 5.91 Å². The molecular formula is C18H19FN2O2. The Hall–Kier alpha value is -2.69. The largest absolute Gasteiger partial charge is 0.326 e. The number of hydrogen-bond acceptors (Lipinski definition) is 2. The number of amides is 2. The van der Waals surface area contributed by atoms with Crippen molar-refractivity contribution in [3.63, 3.8) is 0 Å². The first-order chi connectivity index (χ1) is 10.9. The fraction of sp³-hybridized carbons (Fsp3) is 0.222. The molecule has 0 fully saturated rings. The molecule has 120 valence electrons. The van der Waals surface area contributed by atoms with E-state index in [4.69, 9.17) is 0 Å². The fourth-order valence-electron chi connectivity index (χ4n) is 2.09. The molecule has 0 heterocycles. The quantitative estimate of drug-likeness (QED) is 0.874. The smallest absolute Gasteiger partial charge is 0.255 e. The van der Waals surface area contributed by atoms with E-state index < -0.39 is 5.82 Å². The highest BCUT2D eigenvalue weighted by Gasteiger charge is 2.09. The van der Waals surface area contributed by atoms with Crippen molar-refractivity contribution in [1.82, 2.24) is 0 Å². The first kappa shape index (κ1) is 16.7. The minimum absolute atomic E-state index is 0.0947. The number of anilines is 2. The van der Waals surface area contributed by atoms with E-state index in [0.29, 0.717) is 23.4 Å². The van der Waals surface area contributed by atoms with Crippen LogP contribution in [0.1, 0.15) is 30.6 Å². The lowest BCUT2D eigenvalue weighted by Crippen LogP contribution is -2.15. The van der Waals surface area contributed by atoms with Crippen LogP contribution >= 0.6 is 0 Å². The summed E-state index contributed by atoms with van der Waals surface area (Å²) in [6, 6.07) is 12.3.